The standard InChI is InChI=1S/C11H15FN2O/c1-11(2,3)5-10(15)14-9-4-8(12)6-13-7-9/h4,6-7H,5H2,1-3H3,(H,14,15). The van der Waals surface area contributed by atoms with Gasteiger partial charge in [0.1, 0.15) is 5.82 Å². The highest BCUT2D eigenvalue weighted by atomic mass is 19.1. The fourth-order valence-electron chi connectivity index (χ4n) is 1.17. The summed E-state index contributed by atoms with van der Waals surface area (Å²) in [6, 6.07) is 1.24. The number of pyridine rings is 1. The highest BCUT2D eigenvalue weighted by molar-refractivity contribution is 5.90. The van der Waals surface area contributed by atoms with Crippen LogP contribution in [-0.2, 0) is 4.79 Å². The third-order valence-corrected chi connectivity index (χ3v) is 1.68. The monoisotopic (exact) mass is 210 g/mol. The number of amides is 1. The first kappa shape index (κ1) is 11.6. The Hall–Kier alpha value is -1.45. The summed E-state index contributed by atoms with van der Waals surface area (Å²) in [7, 11) is 0. The first-order chi connectivity index (χ1) is 6.87. The third kappa shape index (κ3) is 4.54. The smallest absolute Gasteiger partial charge is 0.224 e. The molecule has 0 unspecified atom stereocenters. The van der Waals surface area contributed by atoms with Gasteiger partial charge in [0.05, 0.1) is 18.1 Å². The molecule has 0 aromatic carbocycles. The first-order valence-electron chi connectivity index (χ1n) is 4.77. The molecule has 0 fully saturated rings. The largest absolute Gasteiger partial charge is 0.325 e. The van der Waals surface area contributed by atoms with Crippen LogP contribution >= 0.6 is 0 Å². The molecule has 3 nitrogen and oxygen atoms in total. The number of hydrogen-bond donors (Lipinski definition) is 1. The molecule has 1 rings (SSSR count). The van der Waals surface area contributed by atoms with Crippen LogP contribution in [-0.4, -0.2) is 10.9 Å². The Balaban J connectivity index is 2.59. The van der Waals surface area contributed by atoms with Gasteiger partial charge in [-0.2, -0.15) is 0 Å². The van der Waals surface area contributed by atoms with Gasteiger partial charge in [0.25, 0.3) is 0 Å². The normalized spacial score (nSPS) is 11.2. The lowest BCUT2D eigenvalue weighted by molar-refractivity contribution is -0.117. The number of rotatable bonds is 2. The molecule has 0 radical (unpaired) electrons. The summed E-state index contributed by atoms with van der Waals surface area (Å²) in [6.07, 6.45) is 2.91. The van der Waals surface area contributed by atoms with Crippen molar-refractivity contribution in [1.82, 2.24) is 4.98 Å². The van der Waals surface area contributed by atoms with Gasteiger partial charge in [0, 0.05) is 12.5 Å². The van der Waals surface area contributed by atoms with Crippen LogP contribution in [0.2, 0.25) is 0 Å². The van der Waals surface area contributed by atoms with Crippen LogP contribution in [0.3, 0.4) is 0 Å². The Morgan fingerprint density at radius 1 is 1.47 bits per heavy atom. The number of carbonyl (C=O) groups is 1. The lowest BCUT2D eigenvalue weighted by Gasteiger charge is -2.17. The van der Waals surface area contributed by atoms with Crippen molar-refractivity contribution in [1.29, 1.82) is 0 Å². The summed E-state index contributed by atoms with van der Waals surface area (Å²) >= 11 is 0. The lowest BCUT2D eigenvalue weighted by Crippen LogP contribution is -2.19. The topological polar surface area (TPSA) is 42.0 Å². The zero-order valence-corrected chi connectivity index (χ0v) is 9.17. The Morgan fingerprint density at radius 2 is 2.13 bits per heavy atom. The SMILES string of the molecule is CC(C)(C)CC(=O)Nc1cncc(F)c1. The highest BCUT2D eigenvalue weighted by Gasteiger charge is 2.15. The predicted molar refractivity (Wildman–Crippen MR) is 56.9 cm³/mol. The van der Waals surface area contributed by atoms with E-state index in [1.54, 1.807) is 0 Å². The van der Waals surface area contributed by atoms with Crippen molar-refractivity contribution in [2.24, 2.45) is 5.41 Å². The molecule has 1 N–H and O–H groups in total. The number of aromatic nitrogens is 1. The van der Waals surface area contributed by atoms with E-state index in [1.165, 1.54) is 12.3 Å². The maximum Gasteiger partial charge on any atom is 0.224 e. The second-order valence-electron chi connectivity index (χ2n) is 4.68. The number of anilines is 1. The molecule has 1 amide bonds. The van der Waals surface area contributed by atoms with E-state index >= 15 is 0 Å². The molecule has 82 valence electrons. The summed E-state index contributed by atoms with van der Waals surface area (Å²) in [5.41, 5.74) is 0.314. The van der Waals surface area contributed by atoms with Crippen molar-refractivity contribution in [2.75, 3.05) is 5.32 Å². The molecule has 0 saturated heterocycles. The van der Waals surface area contributed by atoms with E-state index in [2.05, 4.69) is 10.3 Å². The molecule has 1 aromatic heterocycles. The minimum Gasteiger partial charge on any atom is -0.325 e. The predicted octanol–water partition coefficient (Wildman–Crippen LogP) is 2.60. The average Bonchev–Trinajstić information content (AvgIpc) is 1.99. The van der Waals surface area contributed by atoms with Crippen LogP contribution in [0.15, 0.2) is 18.5 Å². The van der Waals surface area contributed by atoms with Gasteiger partial charge in [0.15, 0.2) is 0 Å². The van der Waals surface area contributed by atoms with Gasteiger partial charge < -0.3 is 5.32 Å². The molecule has 0 saturated carbocycles. The minimum atomic E-state index is -0.455. The number of nitrogens with zero attached hydrogens (tertiary/aromatic N) is 1. The van der Waals surface area contributed by atoms with Gasteiger partial charge in [-0.15, -0.1) is 0 Å². The molecule has 1 aromatic rings. The maximum absolute atomic E-state index is 12.7. The van der Waals surface area contributed by atoms with Crippen molar-refractivity contribution < 1.29 is 9.18 Å². The number of halogens is 1. The van der Waals surface area contributed by atoms with E-state index in [0.29, 0.717) is 12.1 Å². The Morgan fingerprint density at radius 3 is 2.67 bits per heavy atom. The van der Waals surface area contributed by atoms with Crippen molar-refractivity contribution in [3.8, 4) is 0 Å². The van der Waals surface area contributed by atoms with Crippen LogP contribution in [0.1, 0.15) is 27.2 Å². The molecule has 15 heavy (non-hydrogen) atoms. The van der Waals surface area contributed by atoms with Crippen molar-refractivity contribution in [2.45, 2.75) is 27.2 Å². The maximum atomic E-state index is 12.7. The van der Waals surface area contributed by atoms with E-state index in [4.69, 9.17) is 0 Å². The van der Waals surface area contributed by atoms with Crippen molar-refractivity contribution >= 4 is 11.6 Å². The Labute approximate surface area is 88.7 Å². The van der Waals surface area contributed by atoms with Crippen LogP contribution < -0.4 is 5.32 Å². The molecule has 0 atom stereocenters. The van der Waals surface area contributed by atoms with E-state index in [9.17, 15) is 9.18 Å². The number of carbonyl (C=O) groups excluding carboxylic acids is 1. The van der Waals surface area contributed by atoms with Gasteiger partial charge in [-0.25, -0.2) is 4.39 Å². The van der Waals surface area contributed by atoms with E-state index in [1.807, 2.05) is 20.8 Å². The van der Waals surface area contributed by atoms with Gasteiger partial charge in [-0.3, -0.25) is 9.78 Å². The van der Waals surface area contributed by atoms with E-state index in [-0.39, 0.29) is 11.3 Å². The number of nitrogens with one attached hydrogen (secondary N) is 1. The van der Waals surface area contributed by atoms with Gasteiger partial charge in [-0.05, 0) is 5.41 Å². The molecule has 0 bridgehead atoms. The second kappa shape index (κ2) is 4.38. The summed E-state index contributed by atoms with van der Waals surface area (Å²) in [4.78, 5) is 15.1. The molecule has 0 aliphatic heterocycles. The van der Waals surface area contributed by atoms with Gasteiger partial charge >= 0.3 is 0 Å². The molecule has 0 spiro atoms. The van der Waals surface area contributed by atoms with Crippen LogP contribution in [0.5, 0.6) is 0 Å². The lowest BCUT2D eigenvalue weighted by atomic mass is 9.92. The molecular formula is C11H15FN2O. The van der Waals surface area contributed by atoms with Crippen molar-refractivity contribution in [3.05, 3.63) is 24.3 Å². The van der Waals surface area contributed by atoms with E-state index < -0.39 is 5.82 Å². The third-order valence-electron chi connectivity index (χ3n) is 1.68. The summed E-state index contributed by atoms with van der Waals surface area (Å²) in [5.74, 6) is -0.585. The molecular weight excluding hydrogens is 195 g/mol. The summed E-state index contributed by atoms with van der Waals surface area (Å²) in [5, 5.41) is 2.60. The first-order valence-corrected chi connectivity index (χ1v) is 4.77. The van der Waals surface area contributed by atoms with Gasteiger partial charge in [-0.1, -0.05) is 20.8 Å². The highest BCUT2D eigenvalue weighted by Crippen LogP contribution is 2.19. The Bertz CT molecular complexity index is 358. The zero-order chi connectivity index (χ0) is 11.5. The molecule has 1 heterocycles. The fraction of sp³-hybridized carbons (Fsp3) is 0.455. The van der Waals surface area contributed by atoms with Gasteiger partial charge in [0.2, 0.25) is 5.91 Å². The second-order valence-corrected chi connectivity index (χ2v) is 4.68. The van der Waals surface area contributed by atoms with Crippen LogP contribution in [0.4, 0.5) is 10.1 Å². The molecule has 0 aliphatic carbocycles. The number of hydrogen-bond acceptors (Lipinski definition) is 2. The van der Waals surface area contributed by atoms with E-state index in [0.717, 1.165) is 6.20 Å². The molecule has 4 heteroatoms. The summed E-state index contributed by atoms with van der Waals surface area (Å²) in [6.45, 7) is 5.91. The van der Waals surface area contributed by atoms with Crippen LogP contribution in [0, 0.1) is 11.2 Å². The Kier molecular flexibility index (Phi) is 3.39. The quantitative estimate of drug-likeness (QED) is 0.815. The fourth-order valence-corrected chi connectivity index (χ4v) is 1.17. The zero-order valence-electron chi connectivity index (χ0n) is 9.17. The van der Waals surface area contributed by atoms with Crippen molar-refractivity contribution in [3.63, 3.8) is 0 Å². The average molecular weight is 210 g/mol. The molecule has 0 aliphatic rings. The van der Waals surface area contributed by atoms with Crippen LogP contribution in [0.25, 0.3) is 0 Å². The minimum absolute atomic E-state index is 0.0785. The summed E-state index contributed by atoms with van der Waals surface area (Å²) < 4.78 is 12.7.